The number of anilines is 1. The lowest BCUT2D eigenvalue weighted by Crippen LogP contribution is -2.15. The van der Waals surface area contributed by atoms with Crippen LogP contribution in [0.4, 0.5) is 10.3 Å². The molecule has 1 N–H and O–H groups in total. The molecule has 1 aliphatic carbocycles. The number of imidazole rings is 1. The van der Waals surface area contributed by atoms with Crippen LogP contribution in [0.3, 0.4) is 0 Å². The molecule has 228 valence electrons. The Bertz CT molecular complexity index is 1730. The molecule has 0 amide bonds. The Hall–Kier alpha value is -3.83. The van der Waals surface area contributed by atoms with E-state index >= 15 is 0 Å². The highest BCUT2D eigenvalue weighted by Gasteiger charge is 2.26. The molecule has 2 aromatic carbocycles. The third kappa shape index (κ3) is 6.57. The largest absolute Gasteiger partial charge is 0.374 e. The summed E-state index contributed by atoms with van der Waals surface area (Å²) in [5.41, 5.74) is 5.48. The maximum atomic E-state index is 13.6. The van der Waals surface area contributed by atoms with Gasteiger partial charge in [0, 0.05) is 30.5 Å². The second-order valence-electron chi connectivity index (χ2n) is 10.8. The van der Waals surface area contributed by atoms with Crippen molar-refractivity contribution in [1.82, 2.24) is 14.7 Å². The van der Waals surface area contributed by atoms with E-state index in [1.807, 2.05) is 22.8 Å². The number of aromatic nitrogens is 3. The molecule has 0 unspecified atom stereocenters. The van der Waals surface area contributed by atoms with Crippen LogP contribution in [0.2, 0.25) is 0 Å². The minimum absolute atomic E-state index is 0.0544. The van der Waals surface area contributed by atoms with Crippen LogP contribution in [0.5, 0.6) is 0 Å². The molecule has 2 aromatic heterocycles. The fourth-order valence-corrected chi connectivity index (χ4v) is 6.75. The van der Waals surface area contributed by atoms with E-state index in [2.05, 4.69) is 16.8 Å². The van der Waals surface area contributed by atoms with Crippen LogP contribution in [0.1, 0.15) is 77.0 Å². The van der Waals surface area contributed by atoms with Crippen molar-refractivity contribution in [3.05, 3.63) is 82.1 Å². The number of nitrogens with one attached hydrogen (secondary N) is 1. The van der Waals surface area contributed by atoms with Gasteiger partial charge in [-0.2, -0.15) is 0 Å². The SMILES string of the molecule is CCCc1nc2c(n1Cc1ccc(-c3ccccc3S(=O)(=O)Nc3onc(C)c3C)c(COCCF)c1)C(=O)CCCC2. The Balaban J connectivity index is 1.55. The van der Waals surface area contributed by atoms with Gasteiger partial charge in [0.05, 0.1) is 29.5 Å². The first kappa shape index (κ1) is 30.6. The zero-order valence-electron chi connectivity index (χ0n) is 24.8. The molecule has 5 rings (SSSR count). The molecule has 11 heteroatoms. The molecule has 0 radical (unpaired) electrons. The van der Waals surface area contributed by atoms with Crippen molar-refractivity contribution >= 4 is 21.7 Å². The quantitative estimate of drug-likeness (QED) is 0.147. The molecule has 1 aliphatic rings. The lowest BCUT2D eigenvalue weighted by atomic mass is 9.97. The van der Waals surface area contributed by atoms with E-state index < -0.39 is 16.7 Å². The number of rotatable bonds is 12. The Labute approximate surface area is 251 Å². The fourth-order valence-electron chi connectivity index (χ4n) is 5.48. The highest BCUT2D eigenvalue weighted by atomic mass is 32.2. The number of sulfonamides is 1. The first-order chi connectivity index (χ1) is 20.7. The summed E-state index contributed by atoms with van der Waals surface area (Å²) in [6, 6.07) is 12.4. The van der Waals surface area contributed by atoms with Gasteiger partial charge in [0.1, 0.15) is 18.2 Å². The molecular weight excluding hydrogens is 571 g/mol. The summed E-state index contributed by atoms with van der Waals surface area (Å²) < 4.78 is 55.5. The van der Waals surface area contributed by atoms with Crippen molar-refractivity contribution < 1.29 is 26.9 Å². The van der Waals surface area contributed by atoms with Crippen LogP contribution in [0, 0.1) is 13.8 Å². The Morgan fingerprint density at radius 3 is 2.63 bits per heavy atom. The van der Waals surface area contributed by atoms with Crippen molar-refractivity contribution in [2.45, 2.75) is 77.3 Å². The van der Waals surface area contributed by atoms with Crippen molar-refractivity contribution in [2.75, 3.05) is 18.0 Å². The maximum Gasteiger partial charge on any atom is 0.264 e. The van der Waals surface area contributed by atoms with E-state index in [0.29, 0.717) is 46.6 Å². The maximum absolute atomic E-state index is 13.6. The van der Waals surface area contributed by atoms with Gasteiger partial charge >= 0.3 is 0 Å². The number of aryl methyl sites for hydroxylation is 3. The van der Waals surface area contributed by atoms with E-state index in [4.69, 9.17) is 14.2 Å². The summed E-state index contributed by atoms with van der Waals surface area (Å²) in [5, 5.41) is 3.85. The summed E-state index contributed by atoms with van der Waals surface area (Å²) in [6.07, 6.45) is 4.76. The number of ketones is 1. The van der Waals surface area contributed by atoms with Crippen LogP contribution in [0.25, 0.3) is 11.1 Å². The standard InChI is InChI=1S/C32H37FN4O5S/c1-4-9-30-34-27-11-6-7-12-28(38)31(27)37(30)19-23-14-15-25(24(18-23)20-41-17-16-33)26-10-5-8-13-29(26)43(39,40)36-32-21(2)22(3)35-42-32/h5,8,10,13-15,18,36H,4,6-7,9,11-12,16-17,19-20H2,1-3H3. The van der Waals surface area contributed by atoms with Crippen LogP contribution in [-0.4, -0.2) is 42.2 Å². The van der Waals surface area contributed by atoms with E-state index in [0.717, 1.165) is 49.2 Å². The van der Waals surface area contributed by atoms with Crippen LogP contribution in [0.15, 0.2) is 51.9 Å². The molecule has 0 atom stereocenters. The van der Waals surface area contributed by atoms with Crippen LogP contribution >= 0.6 is 0 Å². The molecule has 0 fully saturated rings. The molecule has 2 heterocycles. The van der Waals surface area contributed by atoms with Gasteiger partial charge < -0.3 is 13.8 Å². The summed E-state index contributed by atoms with van der Waals surface area (Å²) in [5.74, 6) is 1.07. The Morgan fingerprint density at radius 2 is 1.88 bits per heavy atom. The molecule has 0 spiro atoms. The van der Waals surface area contributed by atoms with Gasteiger partial charge in [0.15, 0.2) is 5.78 Å². The molecule has 4 aromatic rings. The number of hydrogen-bond donors (Lipinski definition) is 1. The third-order valence-corrected chi connectivity index (χ3v) is 9.15. The molecular formula is C32H37FN4O5S. The minimum atomic E-state index is -4.06. The monoisotopic (exact) mass is 608 g/mol. The number of fused-ring (bicyclic) bond motifs is 1. The first-order valence-corrected chi connectivity index (χ1v) is 16.1. The number of Topliss-reactive ketones (excluding diaryl/α,β-unsaturated/α-hetero) is 1. The lowest BCUT2D eigenvalue weighted by molar-refractivity contribution is 0.0973. The normalized spacial score (nSPS) is 13.6. The molecule has 0 aliphatic heterocycles. The van der Waals surface area contributed by atoms with Crippen molar-refractivity contribution in [1.29, 1.82) is 0 Å². The second kappa shape index (κ2) is 13.2. The number of carbonyl (C=O) groups is 1. The Morgan fingerprint density at radius 1 is 1.09 bits per heavy atom. The minimum Gasteiger partial charge on any atom is -0.374 e. The molecule has 43 heavy (non-hydrogen) atoms. The number of nitrogens with zero attached hydrogens (tertiary/aromatic N) is 3. The van der Waals surface area contributed by atoms with Crippen LogP contribution in [-0.2, 0) is 40.8 Å². The van der Waals surface area contributed by atoms with Crippen LogP contribution < -0.4 is 4.72 Å². The predicted molar refractivity (Wildman–Crippen MR) is 162 cm³/mol. The van der Waals surface area contributed by atoms with Crippen molar-refractivity contribution in [2.24, 2.45) is 0 Å². The summed E-state index contributed by atoms with van der Waals surface area (Å²) in [4.78, 5) is 18.0. The van der Waals surface area contributed by atoms with Gasteiger partial charge in [-0.1, -0.05) is 48.5 Å². The molecule has 0 saturated carbocycles. The van der Waals surface area contributed by atoms with E-state index in [9.17, 15) is 17.6 Å². The lowest BCUT2D eigenvalue weighted by Gasteiger charge is -2.17. The average molecular weight is 609 g/mol. The molecule has 9 nitrogen and oxygen atoms in total. The van der Waals surface area contributed by atoms with E-state index in [1.165, 1.54) is 6.07 Å². The average Bonchev–Trinajstić information content (AvgIpc) is 3.41. The number of ether oxygens (including phenoxy) is 1. The van der Waals surface area contributed by atoms with Gasteiger partial charge in [-0.05, 0) is 62.3 Å². The van der Waals surface area contributed by atoms with Crippen molar-refractivity contribution in [3.8, 4) is 11.1 Å². The summed E-state index contributed by atoms with van der Waals surface area (Å²) in [6.45, 7) is 5.35. The number of hydrogen-bond acceptors (Lipinski definition) is 7. The first-order valence-electron chi connectivity index (χ1n) is 14.7. The van der Waals surface area contributed by atoms with Gasteiger partial charge in [-0.15, -0.1) is 0 Å². The smallest absolute Gasteiger partial charge is 0.264 e. The topological polar surface area (TPSA) is 116 Å². The number of carbonyl (C=O) groups excluding carboxylic acids is 1. The number of benzene rings is 2. The summed E-state index contributed by atoms with van der Waals surface area (Å²) in [7, 11) is -4.06. The highest BCUT2D eigenvalue weighted by molar-refractivity contribution is 7.92. The summed E-state index contributed by atoms with van der Waals surface area (Å²) >= 11 is 0. The van der Waals surface area contributed by atoms with Gasteiger partial charge in [0.25, 0.3) is 10.0 Å². The van der Waals surface area contributed by atoms with Gasteiger partial charge in [0.2, 0.25) is 5.88 Å². The van der Waals surface area contributed by atoms with Gasteiger partial charge in [-0.3, -0.25) is 4.79 Å². The molecule has 0 saturated heterocycles. The second-order valence-corrected chi connectivity index (χ2v) is 12.5. The zero-order chi connectivity index (χ0) is 30.6. The Kier molecular flexibility index (Phi) is 9.41. The fraction of sp³-hybridized carbons (Fsp3) is 0.406. The number of halogens is 1. The van der Waals surface area contributed by atoms with Gasteiger partial charge in [-0.25, -0.2) is 22.5 Å². The highest BCUT2D eigenvalue weighted by Crippen LogP contribution is 2.34. The van der Waals surface area contributed by atoms with E-state index in [1.54, 1.807) is 32.0 Å². The number of alkyl halides is 1. The third-order valence-electron chi connectivity index (χ3n) is 7.76. The predicted octanol–water partition coefficient (Wildman–Crippen LogP) is 6.35. The van der Waals surface area contributed by atoms with E-state index in [-0.39, 0.29) is 29.8 Å². The zero-order valence-corrected chi connectivity index (χ0v) is 25.6. The van der Waals surface area contributed by atoms with Crippen molar-refractivity contribution in [3.63, 3.8) is 0 Å². The molecule has 0 bridgehead atoms.